The number of benzene rings is 1. The molecule has 22 heavy (non-hydrogen) atoms. The summed E-state index contributed by atoms with van der Waals surface area (Å²) in [7, 11) is 0. The minimum absolute atomic E-state index is 0.0464. The zero-order chi connectivity index (χ0) is 15.9. The number of aliphatic carboxylic acids is 1. The number of aromatic nitrogens is 1. The second-order valence-corrected chi connectivity index (χ2v) is 6.79. The minimum atomic E-state index is -0.847. The molecule has 1 amide bonds. The number of nitrogens with one attached hydrogen (secondary N) is 1. The molecule has 7 heteroatoms. The molecule has 1 aromatic carbocycles. The zero-order valence-electron chi connectivity index (χ0n) is 12.0. The van der Waals surface area contributed by atoms with Gasteiger partial charge >= 0.3 is 5.97 Å². The zero-order valence-corrected chi connectivity index (χ0v) is 13.7. The lowest BCUT2D eigenvalue weighted by atomic mass is 10.1. The van der Waals surface area contributed by atoms with E-state index < -0.39 is 5.97 Å². The van der Waals surface area contributed by atoms with Crippen LogP contribution in [0.25, 0.3) is 11.3 Å². The first-order valence-electron chi connectivity index (χ1n) is 6.68. The lowest BCUT2D eigenvalue weighted by Crippen LogP contribution is -2.25. The Morgan fingerprint density at radius 3 is 2.73 bits per heavy atom. The van der Waals surface area contributed by atoms with Crippen molar-refractivity contribution in [3.8, 4) is 11.3 Å². The normalized spacial score (nSPS) is 10.4. The van der Waals surface area contributed by atoms with E-state index in [1.165, 1.54) is 23.1 Å². The van der Waals surface area contributed by atoms with Crippen molar-refractivity contribution in [2.75, 3.05) is 18.1 Å². The van der Waals surface area contributed by atoms with Crippen LogP contribution in [0.2, 0.25) is 0 Å². The molecule has 2 aromatic rings. The monoisotopic (exact) mass is 336 g/mol. The van der Waals surface area contributed by atoms with Crippen molar-refractivity contribution in [1.29, 1.82) is 0 Å². The van der Waals surface area contributed by atoms with Crippen LogP contribution in [0.15, 0.2) is 30.3 Å². The number of hydrogen-bond acceptors (Lipinski definition) is 5. The van der Waals surface area contributed by atoms with Crippen molar-refractivity contribution in [2.45, 2.75) is 6.92 Å². The number of carbonyl (C=O) groups excluding carboxylic acids is 1. The van der Waals surface area contributed by atoms with Crippen LogP contribution in [0.3, 0.4) is 0 Å². The average Bonchev–Trinajstić information content (AvgIpc) is 2.89. The molecule has 0 aliphatic carbocycles. The Morgan fingerprint density at radius 2 is 2.05 bits per heavy atom. The molecule has 0 saturated carbocycles. The van der Waals surface area contributed by atoms with Crippen LogP contribution >= 0.6 is 23.1 Å². The van der Waals surface area contributed by atoms with Gasteiger partial charge < -0.3 is 10.4 Å². The van der Waals surface area contributed by atoms with Gasteiger partial charge in [-0.15, -0.1) is 23.1 Å². The third-order valence-corrected chi connectivity index (χ3v) is 4.66. The maximum absolute atomic E-state index is 12.3. The van der Waals surface area contributed by atoms with Crippen molar-refractivity contribution in [1.82, 2.24) is 10.3 Å². The summed E-state index contributed by atoms with van der Waals surface area (Å²) in [6, 6.07) is 9.59. The van der Waals surface area contributed by atoms with E-state index in [2.05, 4.69) is 10.3 Å². The van der Waals surface area contributed by atoms with Gasteiger partial charge in [0.25, 0.3) is 5.91 Å². The van der Waals surface area contributed by atoms with Gasteiger partial charge in [-0.1, -0.05) is 30.3 Å². The summed E-state index contributed by atoms with van der Waals surface area (Å²) in [5.41, 5.74) is 1.61. The highest BCUT2D eigenvalue weighted by Crippen LogP contribution is 2.27. The van der Waals surface area contributed by atoms with E-state index in [0.29, 0.717) is 22.9 Å². The lowest BCUT2D eigenvalue weighted by Gasteiger charge is -2.05. The fraction of sp³-hybridized carbons (Fsp3) is 0.267. The molecule has 5 nitrogen and oxygen atoms in total. The van der Waals surface area contributed by atoms with Crippen LogP contribution < -0.4 is 5.32 Å². The summed E-state index contributed by atoms with van der Waals surface area (Å²) in [5.74, 6) is -0.400. The fourth-order valence-electron chi connectivity index (χ4n) is 1.85. The Morgan fingerprint density at radius 1 is 1.32 bits per heavy atom. The summed E-state index contributed by atoms with van der Waals surface area (Å²) >= 11 is 2.64. The second-order valence-electron chi connectivity index (χ2n) is 4.48. The van der Waals surface area contributed by atoms with Gasteiger partial charge in [0.05, 0.1) is 16.5 Å². The third kappa shape index (κ3) is 4.57. The molecular formula is C15H16N2O3S2. The Hall–Kier alpha value is -1.86. The lowest BCUT2D eigenvalue weighted by molar-refractivity contribution is -0.133. The van der Waals surface area contributed by atoms with Crippen LogP contribution in [0.1, 0.15) is 14.7 Å². The molecule has 0 fully saturated rings. The van der Waals surface area contributed by atoms with Crippen LogP contribution in [0.5, 0.6) is 0 Å². The summed E-state index contributed by atoms with van der Waals surface area (Å²) in [6.07, 6.45) is 0. The first-order chi connectivity index (χ1) is 10.6. The van der Waals surface area contributed by atoms with Gasteiger partial charge in [-0.2, -0.15) is 0 Å². The standard InChI is InChI=1S/C15H16N2O3S2/c1-10-17-13(11-5-3-2-4-6-11)14(22-10)15(20)16-7-8-21-9-12(18)19/h2-6H,7-9H2,1H3,(H,16,20)(H,18,19). The summed E-state index contributed by atoms with van der Waals surface area (Å²) in [5, 5.41) is 12.2. The molecule has 116 valence electrons. The van der Waals surface area contributed by atoms with E-state index in [1.807, 2.05) is 37.3 Å². The number of aryl methyl sites for hydroxylation is 1. The van der Waals surface area contributed by atoms with Gasteiger partial charge in [0.15, 0.2) is 0 Å². The van der Waals surface area contributed by atoms with Crippen molar-refractivity contribution >= 4 is 35.0 Å². The fourth-order valence-corrected chi connectivity index (χ4v) is 3.27. The van der Waals surface area contributed by atoms with Crippen molar-refractivity contribution in [2.24, 2.45) is 0 Å². The topological polar surface area (TPSA) is 79.3 Å². The number of carboxylic acid groups (broad SMARTS) is 1. The average molecular weight is 336 g/mol. The Kier molecular flexibility index (Phi) is 5.97. The third-order valence-electron chi connectivity index (χ3n) is 2.75. The van der Waals surface area contributed by atoms with Gasteiger partial charge in [-0.3, -0.25) is 9.59 Å². The Balaban J connectivity index is 2.00. The predicted octanol–water partition coefficient (Wildman–Crippen LogP) is 2.67. The van der Waals surface area contributed by atoms with Crippen LogP contribution in [0.4, 0.5) is 0 Å². The molecule has 0 atom stereocenters. The highest BCUT2D eigenvalue weighted by molar-refractivity contribution is 7.99. The molecule has 1 aromatic heterocycles. The quantitative estimate of drug-likeness (QED) is 0.760. The van der Waals surface area contributed by atoms with Gasteiger partial charge in [-0.05, 0) is 6.92 Å². The number of thioether (sulfide) groups is 1. The molecule has 0 aliphatic rings. The molecule has 0 saturated heterocycles. The second kappa shape index (κ2) is 7.95. The van der Waals surface area contributed by atoms with Gasteiger partial charge in [0, 0.05) is 17.9 Å². The molecule has 0 radical (unpaired) electrons. The smallest absolute Gasteiger partial charge is 0.313 e. The summed E-state index contributed by atoms with van der Waals surface area (Å²) in [6.45, 7) is 2.30. The summed E-state index contributed by atoms with van der Waals surface area (Å²) < 4.78 is 0. The van der Waals surface area contributed by atoms with Crippen LogP contribution in [-0.2, 0) is 4.79 Å². The molecule has 0 bridgehead atoms. The number of amides is 1. The van der Waals surface area contributed by atoms with E-state index in [9.17, 15) is 9.59 Å². The highest BCUT2D eigenvalue weighted by atomic mass is 32.2. The Labute approximate surface area is 136 Å². The van der Waals surface area contributed by atoms with Crippen molar-refractivity contribution < 1.29 is 14.7 Å². The van der Waals surface area contributed by atoms with Crippen LogP contribution in [0, 0.1) is 6.92 Å². The molecule has 1 heterocycles. The van der Waals surface area contributed by atoms with E-state index in [-0.39, 0.29) is 11.7 Å². The van der Waals surface area contributed by atoms with E-state index in [0.717, 1.165) is 10.6 Å². The van der Waals surface area contributed by atoms with Crippen molar-refractivity contribution in [3.05, 3.63) is 40.2 Å². The minimum Gasteiger partial charge on any atom is -0.481 e. The van der Waals surface area contributed by atoms with Crippen molar-refractivity contribution in [3.63, 3.8) is 0 Å². The van der Waals surface area contributed by atoms with Gasteiger partial charge in [0.2, 0.25) is 0 Å². The largest absolute Gasteiger partial charge is 0.481 e. The molecular weight excluding hydrogens is 320 g/mol. The number of hydrogen-bond donors (Lipinski definition) is 2. The molecule has 0 aliphatic heterocycles. The van der Waals surface area contributed by atoms with Crippen LogP contribution in [-0.4, -0.2) is 40.0 Å². The molecule has 2 N–H and O–H groups in total. The molecule has 2 rings (SSSR count). The molecule has 0 unspecified atom stereocenters. The van der Waals surface area contributed by atoms with E-state index in [1.54, 1.807) is 0 Å². The van der Waals surface area contributed by atoms with E-state index in [4.69, 9.17) is 5.11 Å². The number of rotatable bonds is 7. The maximum Gasteiger partial charge on any atom is 0.313 e. The Bertz CT molecular complexity index is 656. The first kappa shape index (κ1) is 16.5. The number of nitrogens with zero attached hydrogens (tertiary/aromatic N) is 1. The number of carbonyl (C=O) groups is 2. The first-order valence-corrected chi connectivity index (χ1v) is 8.65. The van der Waals surface area contributed by atoms with Gasteiger partial charge in [0.1, 0.15) is 4.88 Å². The number of thiazole rings is 1. The van der Waals surface area contributed by atoms with E-state index >= 15 is 0 Å². The highest BCUT2D eigenvalue weighted by Gasteiger charge is 2.17. The predicted molar refractivity (Wildman–Crippen MR) is 89.6 cm³/mol. The van der Waals surface area contributed by atoms with Gasteiger partial charge in [-0.25, -0.2) is 4.98 Å². The SMILES string of the molecule is Cc1nc(-c2ccccc2)c(C(=O)NCCSCC(=O)O)s1. The molecule has 0 spiro atoms. The number of carboxylic acids is 1. The maximum atomic E-state index is 12.3. The summed E-state index contributed by atoms with van der Waals surface area (Å²) in [4.78, 5) is 27.7.